The molecule has 0 atom stereocenters. The van der Waals surface area contributed by atoms with Crippen LogP contribution in [0.25, 0.3) is 0 Å². The summed E-state index contributed by atoms with van der Waals surface area (Å²) in [5.74, 6) is 0. The highest BCUT2D eigenvalue weighted by Crippen LogP contribution is 1.90. The number of hydrogen-bond donors (Lipinski definition) is 1. The fourth-order valence-electron chi connectivity index (χ4n) is 0.588. The standard InChI is InChI=1S/C7H7.CH4O3S.Mg/c1-7-5-3-2-4-6-7;1-5(2,3)4;/h3-6H,1H3;1H3,(H,2,3,4);/q;;+2. The molecule has 0 saturated heterocycles. The van der Waals surface area contributed by atoms with Crippen molar-refractivity contribution in [2.75, 3.05) is 6.26 Å². The van der Waals surface area contributed by atoms with Crippen molar-refractivity contribution < 1.29 is 13.0 Å². The quantitative estimate of drug-likeness (QED) is 0.496. The molecule has 0 amide bonds. The molecule has 13 heavy (non-hydrogen) atoms. The minimum atomic E-state index is -3.67. The molecule has 0 aliphatic rings. The molecule has 1 N–H and O–H groups in total. The van der Waals surface area contributed by atoms with Crippen LogP contribution >= 0.6 is 0 Å². The Morgan fingerprint density at radius 1 is 1.23 bits per heavy atom. The Kier molecular flexibility index (Phi) is 5.54. The summed E-state index contributed by atoms with van der Waals surface area (Å²) < 4.78 is 27.2. The largest absolute Gasteiger partial charge is 1.47 e. The van der Waals surface area contributed by atoms with E-state index in [0.29, 0.717) is 6.26 Å². The smallest absolute Gasteiger partial charge is 0.286 e. The molecule has 0 saturated carbocycles. The number of benzene rings is 1. The van der Waals surface area contributed by atoms with Crippen LogP contribution in [0.4, 0.5) is 0 Å². The maximum Gasteiger partial charge on any atom is 1.47 e. The van der Waals surface area contributed by atoms with Crippen LogP contribution in [0, 0.1) is 6.92 Å². The zero-order chi connectivity index (χ0) is 10.5. The van der Waals surface area contributed by atoms with E-state index in [-0.39, 0.29) is 0 Å². The van der Waals surface area contributed by atoms with Gasteiger partial charge in [-0.3, -0.25) is 4.55 Å². The van der Waals surface area contributed by atoms with Crippen LogP contribution in [0.15, 0.2) is 24.3 Å². The second-order valence-corrected chi connectivity index (χ2v) is 5.00. The van der Waals surface area contributed by atoms with E-state index in [9.17, 15) is 8.42 Å². The second-order valence-electron chi connectivity index (χ2n) is 2.72. The van der Waals surface area contributed by atoms with Crippen molar-refractivity contribution in [3.8, 4) is 0 Å². The molecule has 0 spiro atoms. The first-order chi connectivity index (χ1) is 5.79. The Bertz CT molecular complexity index is 313. The van der Waals surface area contributed by atoms with Gasteiger partial charge in [0, 0.05) is 12.1 Å². The fourth-order valence-corrected chi connectivity index (χ4v) is 0.824. The molecule has 5 heteroatoms. The number of rotatable bonds is 0. The van der Waals surface area contributed by atoms with Gasteiger partial charge in [-0.15, -0.1) is 0 Å². The molecule has 0 aliphatic heterocycles. The predicted molar refractivity (Wildman–Crippen MR) is 54.0 cm³/mol. The topological polar surface area (TPSA) is 54.4 Å². The molecule has 1 aromatic rings. The Balaban J connectivity index is 0.000000252. The SMILES string of the molecule is CS(=O)(=O)O.Cc1cc[c]([Mg+2])cc1. The molecule has 0 heterocycles. The number of hydrogen-bond acceptors (Lipinski definition) is 2. The fraction of sp³-hybridized carbons (Fsp3) is 0.250. The molecule has 0 bridgehead atoms. The van der Waals surface area contributed by atoms with Crippen LogP contribution in [0.5, 0.6) is 0 Å². The summed E-state index contributed by atoms with van der Waals surface area (Å²) in [6.45, 7) is 2.10. The molecule has 1 rings (SSSR count). The van der Waals surface area contributed by atoms with E-state index in [1.165, 1.54) is 9.26 Å². The van der Waals surface area contributed by atoms with Crippen LogP contribution in [0.2, 0.25) is 0 Å². The lowest BCUT2D eigenvalue weighted by Crippen LogP contribution is -1.98. The zero-order valence-electron chi connectivity index (χ0n) is 7.69. The van der Waals surface area contributed by atoms with Crippen LogP contribution < -0.4 is 3.69 Å². The second kappa shape index (κ2) is 5.59. The van der Waals surface area contributed by atoms with E-state index in [1.807, 2.05) is 21.7 Å². The van der Waals surface area contributed by atoms with Gasteiger partial charge in [0.25, 0.3) is 10.1 Å². The summed E-state index contributed by atoms with van der Waals surface area (Å²) in [7, 11) is -3.67. The van der Waals surface area contributed by atoms with Gasteiger partial charge in [-0.2, -0.15) is 8.42 Å². The van der Waals surface area contributed by atoms with Gasteiger partial charge in [-0.25, -0.2) is 0 Å². The van der Waals surface area contributed by atoms with Crippen molar-refractivity contribution in [1.29, 1.82) is 0 Å². The van der Waals surface area contributed by atoms with Gasteiger partial charge >= 0.3 is 25.4 Å². The van der Waals surface area contributed by atoms with Gasteiger partial charge in [0.1, 0.15) is 0 Å². The molecule has 0 aliphatic carbocycles. The van der Waals surface area contributed by atoms with E-state index >= 15 is 0 Å². The van der Waals surface area contributed by atoms with Crippen LogP contribution in [-0.4, -0.2) is 40.9 Å². The average Bonchev–Trinajstić information content (AvgIpc) is 1.92. The summed E-state index contributed by atoms with van der Waals surface area (Å²) in [5.41, 5.74) is 1.33. The lowest BCUT2D eigenvalue weighted by Gasteiger charge is -1.80. The molecular weight excluding hydrogens is 200 g/mol. The minimum Gasteiger partial charge on any atom is -0.286 e. The van der Waals surface area contributed by atoms with Crippen LogP contribution in [-0.2, 0) is 10.1 Å². The average molecular weight is 212 g/mol. The summed E-state index contributed by atoms with van der Waals surface area (Å²) in [4.78, 5) is 0. The maximum absolute atomic E-state index is 9.19. The summed E-state index contributed by atoms with van der Waals surface area (Å²) >= 11 is 1.91. The van der Waals surface area contributed by atoms with Gasteiger partial charge in [0.15, 0.2) is 0 Å². The Hall–Kier alpha value is -0.104. The van der Waals surface area contributed by atoms with Crippen molar-refractivity contribution in [2.24, 2.45) is 0 Å². The van der Waals surface area contributed by atoms with Crippen molar-refractivity contribution in [3.05, 3.63) is 29.8 Å². The summed E-state index contributed by atoms with van der Waals surface area (Å²) in [6.07, 6.45) is 0.715. The molecule has 0 unspecified atom stereocenters. The van der Waals surface area contributed by atoms with E-state index in [0.717, 1.165) is 0 Å². The molecule has 1 aromatic carbocycles. The summed E-state index contributed by atoms with van der Waals surface area (Å²) in [5, 5.41) is 0. The van der Waals surface area contributed by atoms with E-state index in [2.05, 4.69) is 31.2 Å². The van der Waals surface area contributed by atoms with Crippen molar-refractivity contribution in [3.63, 3.8) is 0 Å². The van der Waals surface area contributed by atoms with Crippen molar-refractivity contribution in [1.82, 2.24) is 0 Å². The minimum absolute atomic E-state index is 0.715. The van der Waals surface area contributed by atoms with Gasteiger partial charge in [-0.1, -0.05) is 17.7 Å². The third-order valence-corrected chi connectivity index (χ3v) is 1.59. The summed E-state index contributed by atoms with van der Waals surface area (Å²) in [6, 6.07) is 8.52. The van der Waals surface area contributed by atoms with Gasteiger partial charge < -0.3 is 0 Å². The Morgan fingerprint density at radius 3 is 1.77 bits per heavy atom. The van der Waals surface area contributed by atoms with Crippen molar-refractivity contribution >= 4 is 35.5 Å². The predicted octanol–water partition coefficient (Wildman–Crippen LogP) is 0.293. The zero-order valence-corrected chi connectivity index (χ0v) is 9.92. The Morgan fingerprint density at radius 2 is 1.54 bits per heavy atom. The van der Waals surface area contributed by atoms with E-state index in [1.54, 1.807) is 0 Å². The third-order valence-electron chi connectivity index (χ3n) is 1.12. The molecule has 3 nitrogen and oxygen atoms in total. The normalized spacial score (nSPS) is 10.2. The van der Waals surface area contributed by atoms with Crippen molar-refractivity contribution in [2.45, 2.75) is 6.92 Å². The monoisotopic (exact) mass is 211 g/mol. The van der Waals surface area contributed by atoms with Crippen LogP contribution in [0.1, 0.15) is 5.56 Å². The first-order valence-corrected chi connectivity index (χ1v) is 6.15. The van der Waals surface area contributed by atoms with Gasteiger partial charge in [0.05, 0.1) is 6.26 Å². The number of aryl methyl sites for hydroxylation is 1. The van der Waals surface area contributed by atoms with Crippen LogP contribution in [0.3, 0.4) is 0 Å². The van der Waals surface area contributed by atoms with Gasteiger partial charge in [-0.05, 0) is 6.92 Å². The Labute approximate surface area is 91.3 Å². The van der Waals surface area contributed by atoms with Gasteiger partial charge in [0.2, 0.25) is 0 Å². The first kappa shape index (κ1) is 12.9. The lowest BCUT2D eigenvalue weighted by atomic mass is 10.2. The molecule has 0 fully saturated rings. The molecular formula is C8H11MgO3S+2. The highest BCUT2D eigenvalue weighted by Gasteiger charge is 2.28. The lowest BCUT2D eigenvalue weighted by molar-refractivity contribution is 0.490. The molecule has 0 aromatic heterocycles. The molecule has 67 valence electrons. The highest BCUT2D eigenvalue weighted by atomic mass is 32.2. The molecule has 7 radical (unpaired) electrons. The third kappa shape index (κ3) is 11.9. The highest BCUT2D eigenvalue weighted by molar-refractivity contribution is 7.85. The maximum atomic E-state index is 9.19. The van der Waals surface area contributed by atoms with E-state index < -0.39 is 10.1 Å². The first-order valence-electron chi connectivity index (χ1n) is 3.60. The van der Waals surface area contributed by atoms with E-state index in [4.69, 9.17) is 4.55 Å².